The number of H-pyrrole nitrogens is 2. The zero-order valence-electron chi connectivity index (χ0n) is 34.6. The second kappa shape index (κ2) is 21.7. The molecule has 0 amide bonds. The topological polar surface area (TPSA) is 260 Å². The molecule has 0 saturated heterocycles. The van der Waals surface area contributed by atoms with Gasteiger partial charge in [-0.05, 0) is 97.4 Å². The molecule has 4 aromatic carbocycles. The molecule has 0 bridgehead atoms. The predicted molar refractivity (Wildman–Crippen MR) is 251 cm³/mol. The van der Waals surface area contributed by atoms with Crippen LogP contribution in [0.2, 0.25) is 0 Å². The first kappa shape index (κ1) is 44.0. The van der Waals surface area contributed by atoms with Gasteiger partial charge in [0.15, 0.2) is 10.9 Å². The summed E-state index contributed by atoms with van der Waals surface area (Å²) in [5.74, 6) is 6.14. The van der Waals surface area contributed by atoms with Crippen LogP contribution in [0.5, 0.6) is 0 Å². The molecule has 20 heteroatoms. The average molecular weight is 889 g/mol. The van der Waals surface area contributed by atoms with E-state index in [0.29, 0.717) is 28.6 Å². The summed E-state index contributed by atoms with van der Waals surface area (Å²) in [5, 5.41) is 41.4. The number of nitrogens with zero attached hydrogens (tertiary/aromatic N) is 11. The van der Waals surface area contributed by atoms with Gasteiger partial charge in [0.1, 0.15) is 11.4 Å². The summed E-state index contributed by atoms with van der Waals surface area (Å²) in [6.07, 6.45) is 0. The van der Waals surface area contributed by atoms with Crippen molar-refractivity contribution < 1.29 is 9.90 Å². The number of aliphatic hydroxyl groups excluding tert-OH is 1. The number of aromatic nitrogens is 12. The lowest BCUT2D eigenvalue weighted by Gasteiger charge is -2.06. The number of tetrazole rings is 2. The van der Waals surface area contributed by atoms with Crippen molar-refractivity contribution in [2.45, 2.75) is 20.8 Å². The number of pyridine rings is 2. The third-order valence-electron chi connectivity index (χ3n) is 8.82. The number of benzene rings is 4. The third-order valence-corrected chi connectivity index (χ3v) is 10.7. The number of hydrazone groups is 1. The fourth-order valence-electron chi connectivity index (χ4n) is 5.83. The van der Waals surface area contributed by atoms with Crippen LogP contribution in [0.25, 0.3) is 66.0 Å². The molecule has 7 N–H and O–H groups in total. The van der Waals surface area contributed by atoms with Gasteiger partial charge in [-0.25, -0.2) is 25.8 Å². The van der Waals surface area contributed by atoms with Crippen LogP contribution < -0.4 is 16.7 Å². The number of para-hydroxylation sites is 2. The van der Waals surface area contributed by atoms with Crippen LogP contribution in [0.1, 0.15) is 36.7 Å². The van der Waals surface area contributed by atoms with Gasteiger partial charge in [0.2, 0.25) is 16.8 Å². The smallest absolute Gasteiger partial charge is 0.222 e. The van der Waals surface area contributed by atoms with Gasteiger partial charge in [-0.3, -0.25) is 15.6 Å². The summed E-state index contributed by atoms with van der Waals surface area (Å²) < 4.78 is 2.28. The maximum absolute atomic E-state index is 11.4. The minimum absolute atomic E-state index is 0.0289. The zero-order chi connectivity index (χ0) is 44.7. The highest BCUT2D eigenvalue weighted by atomic mass is 32.1. The molecule has 6 aromatic heterocycles. The van der Waals surface area contributed by atoms with E-state index in [0.717, 1.165) is 64.5 Å². The summed E-state index contributed by atoms with van der Waals surface area (Å²) in [6.45, 7) is 5.44. The number of nitrogen functional groups attached to an aromatic ring is 1. The summed E-state index contributed by atoms with van der Waals surface area (Å²) in [4.78, 5) is 29.3. The summed E-state index contributed by atoms with van der Waals surface area (Å²) in [7, 11) is 0. The van der Waals surface area contributed by atoms with Gasteiger partial charge in [-0.2, -0.15) is 15.5 Å². The van der Waals surface area contributed by atoms with Crippen LogP contribution in [0.3, 0.4) is 0 Å². The van der Waals surface area contributed by atoms with Crippen molar-refractivity contribution >= 4 is 64.9 Å². The van der Waals surface area contributed by atoms with Gasteiger partial charge in [0, 0.05) is 23.3 Å². The van der Waals surface area contributed by atoms with Crippen LogP contribution in [-0.4, -0.2) is 84.4 Å². The number of hydrazine groups is 1. The number of hydrogen-bond acceptors (Lipinski definition) is 18. The molecule has 0 unspecified atom stereocenters. The number of aromatic amines is 2. The summed E-state index contributed by atoms with van der Waals surface area (Å²) in [5.41, 5.74) is 14.8. The van der Waals surface area contributed by atoms with Crippen molar-refractivity contribution in [3.63, 3.8) is 0 Å². The van der Waals surface area contributed by atoms with E-state index in [1.807, 2.05) is 128 Å². The monoisotopic (exact) mass is 888 g/mol. The van der Waals surface area contributed by atoms with E-state index < -0.39 is 0 Å². The quantitative estimate of drug-likeness (QED) is 0.0346. The Kier molecular flexibility index (Phi) is 14.9. The van der Waals surface area contributed by atoms with E-state index in [2.05, 4.69) is 83.2 Å². The van der Waals surface area contributed by atoms with Crippen LogP contribution in [-0.2, 0) is 0 Å². The molecule has 0 spiro atoms. The standard InChI is InChI=1S/C21H16N8S.C14H11N5O.C7H7N3S.C2H6O/c1-13(24-27-21-23-17-8-2-3-11-19(17)30-21)14-6-4-7-15(12-14)16-9-5-10-18(22-16)20-25-28-29-26-20;1-9(20)10-4-2-5-11(8-10)12-6-3-7-13(15-12)14-16-18-19-17-14;8-10-7-9-5-3-1-2-4-6(5)11-7;1-2-3/h2-12H,1H3,(H,23,27)(H,25,26,28,29);2-8H,1H3,(H,16,17,18,19);1-4H,8H2,(H,9,10);3H,2H2,1H3/b24-13+;;;. The molecule has 18 nitrogen and oxygen atoms in total. The van der Waals surface area contributed by atoms with Crippen LogP contribution >= 0.6 is 22.7 Å². The Morgan fingerprint density at radius 3 is 1.59 bits per heavy atom. The first-order chi connectivity index (χ1) is 31.3. The number of rotatable bonds is 9. The number of nitrogens with two attached hydrogens (primary N) is 1. The lowest BCUT2D eigenvalue weighted by atomic mass is 10.0. The Morgan fingerprint density at radius 1 is 0.625 bits per heavy atom. The number of hydrogen-bond donors (Lipinski definition) is 6. The van der Waals surface area contributed by atoms with Crippen molar-refractivity contribution in [2.24, 2.45) is 10.9 Å². The van der Waals surface area contributed by atoms with Crippen LogP contribution in [0.4, 0.5) is 10.3 Å². The highest BCUT2D eigenvalue weighted by Gasteiger charge is 2.10. The number of anilines is 2. The number of aliphatic hydroxyl groups is 1. The predicted octanol–water partition coefficient (Wildman–Crippen LogP) is 8.09. The molecule has 0 aliphatic rings. The van der Waals surface area contributed by atoms with Crippen molar-refractivity contribution in [3.05, 3.63) is 145 Å². The largest absolute Gasteiger partial charge is 0.397 e. The van der Waals surface area contributed by atoms with Crippen molar-refractivity contribution in [1.82, 2.24) is 61.2 Å². The van der Waals surface area contributed by atoms with Crippen LogP contribution in [0.15, 0.2) is 139 Å². The maximum atomic E-state index is 11.4. The average Bonchev–Trinajstić information content (AvgIpc) is 4.20. The molecule has 10 aromatic rings. The Hall–Kier alpha value is -8.04. The molecule has 6 heterocycles. The molecule has 10 rings (SSSR count). The number of nitrogens with one attached hydrogen (secondary N) is 4. The minimum Gasteiger partial charge on any atom is -0.397 e. The molecule has 0 atom stereocenters. The van der Waals surface area contributed by atoms with Gasteiger partial charge < -0.3 is 5.11 Å². The molecular weight excluding hydrogens is 849 g/mol. The maximum Gasteiger partial charge on any atom is 0.222 e. The summed E-state index contributed by atoms with van der Waals surface area (Å²) >= 11 is 3.13. The van der Waals surface area contributed by atoms with Crippen molar-refractivity contribution in [1.29, 1.82) is 0 Å². The molecule has 0 radical (unpaired) electrons. The summed E-state index contributed by atoms with van der Waals surface area (Å²) in [6, 6.07) is 42.7. The molecule has 320 valence electrons. The number of fused-ring (bicyclic) bond motifs is 2. The van der Waals surface area contributed by atoms with Crippen LogP contribution in [0, 0.1) is 0 Å². The Balaban J connectivity index is 0.000000154. The minimum atomic E-state index is 0.0289. The van der Waals surface area contributed by atoms with E-state index >= 15 is 0 Å². The van der Waals surface area contributed by atoms with Gasteiger partial charge in [0.05, 0.1) is 37.5 Å². The van der Waals surface area contributed by atoms with E-state index in [1.165, 1.54) is 0 Å². The molecule has 64 heavy (non-hydrogen) atoms. The highest BCUT2D eigenvalue weighted by molar-refractivity contribution is 7.22. The lowest BCUT2D eigenvalue weighted by Crippen LogP contribution is -2.05. The fourth-order valence-corrected chi connectivity index (χ4v) is 7.42. The molecule has 0 aliphatic heterocycles. The van der Waals surface area contributed by atoms with Gasteiger partial charge in [-0.15, -0.1) is 20.4 Å². The van der Waals surface area contributed by atoms with Gasteiger partial charge in [-0.1, -0.05) is 95.5 Å². The van der Waals surface area contributed by atoms with E-state index in [9.17, 15) is 4.79 Å². The third kappa shape index (κ3) is 11.5. The number of thiazole rings is 2. The van der Waals surface area contributed by atoms with E-state index in [-0.39, 0.29) is 12.4 Å². The number of ketones is 1. The zero-order valence-corrected chi connectivity index (χ0v) is 36.2. The highest BCUT2D eigenvalue weighted by Crippen LogP contribution is 2.27. The Labute approximate surface area is 373 Å². The Bertz CT molecular complexity index is 3030. The van der Waals surface area contributed by atoms with Gasteiger partial charge in [0.25, 0.3) is 0 Å². The number of Topliss-reactive ketones (excluding diaryl/α,β-unsaturated/α-hetero) is 1. The van der Waals surface area contributed by atoms with E-state index in [1.54, 1.807) is 42.6 Å². The van der Waals surface area contributed by atoms with Gasteiger partial charge >= 0.3 is 0 Å². The first-order valence-electron chi connectivity index (χ1n) is 19.5. The lowest BCUT2D eigenvalue weighted by molar-refractivity contribution is 0.101. The second-order valence-corrected chi connectivity index (χ2v) is 15.3. The molecular formula is C44H40N16O2S2. The first-order valence-corrected chi connectivity index (χ1v) is 21.2. The number of carbonyl (C=O) groups excluding carboxylic acids is 1. The molecule has 0 aliphatic carbocycles. The normalized spacial score (nSPS) is 10.8. The second-order valence-electron chi connectivity index (χ2n) is 13.2. The fraction of sp³-hybridized carbons (Fsp3) is 0.0909. The number of carbonyl (C=O) groups is 1. The molecule has 0 fully saturated rings. The van der Waals surface area contributed by atoms with Crippen molar-refractivity contribution in [3.8, 4) is 45.6 Å². The SMILES string of the molecule is C/C(=N\Nc1nc2ccccc2s1)c1cccc(-c2cccc(-c3nn[nH]n3)n2)c1.CC(=O)c1cccc(-c2cccc(-c3nn[nH]n3)n2)c1.CCO.NNc1nc2ccccc2s1. The van der Waals surface area contributed by atoms with E-state index in [4.69, 9.17) is 10.9 Å². The Morgan fingerprint density at radius 2 is 1.09 bits per heavy atom. The van der Waals surface area contributed by atoms with Crippen molar-refractivity contribution in [2.75, 3.05) is 17.5 Å². The molecule has 0 saturated carbocycles.